The van der Waals surface area contributed by atoms with E-state index >= 15 is 0 Å². The van der Waals surface area contributed by atoms with Crippen LogP contribution in [-0.4, -0.2) is 11.5 Å². The molecule has 4 heteroatoms. The van der Waals surface area contributed by atoms with Crippen LogP contribution in [0.1, 0.15) is 51.8 Å². The summed E-state index contributed by atoms with van der Waals surface area (Å²) in [4.78, 5) is 4.66. The minimum absolute atomic E-state index is 0.359. The fourth-order valence-electron chi connectivity index (χ4n) is 3.25. The van der Waals surface area contributed by atoms with Crippen molar-refractivity contribution in [3.63, 3.8) is 0 Å². The lowest BCUT2D eigenvalue weighted by atomic mass is 9.72. The number of nitrogens with zero attached hydrogens (tertiary/aromatic N) is 1. The third-order valence-electron chi connectivity index (χ3n) is 4.67. The zero-order valence-corrected chi connectivity index (χ0v) is 15.7. The van der Waals surface area contributed by atoms with Gasteiger partial charge in [-0.3, -0.25) is 4.98 Å². The van der Waals surface area contributed by atoms with E-state index in [2.05, 4.69) is 69.0 Å². The summed E-state index contributed by atoms with van der Waals surface area (Å²) in [7, 11) is 0. The number of hydrogen-bond acceptors (Lipinski definition) is 2. The molecule has 2 rings (SSSR count). The Kier molecular flexibility index (Phi) is 6.06. The lowest BCUT2D eigenvalue weighted by Crippen LogP contribution is -2.34. The SMILES string of the molecule is CCNC(c1ncc(Br)cc1Br)C1CCC(C)C(C)C1. The summed E-state index contributed by atoms with van der Waals surface area (Å²) in [5.41, 5.74) is 1.15. The molecule has 0 saturated heterocycles. The van der Waals surface area contributed by atoms with Crippen molar-refractivity contribution in [2.45, 2.75) is 46.1 Å². The first-order chi connectivity index (χ1) is 9.52. The molecule has 112 valence electrons. The van der Waals surface area contributed by atoms with Crippen LogP contribution < -0.4 is 5.32 Å². The smallest absolute Gasteiger partial charge is 0.0718 e. The Labute approximate surface area is 139 Å². The molecule has 4 unspecified atom stereocenters. The highest BCUT2D eigenvalue weighted by Gasteiger charge is 2.32. The molecule has 0 aromatic carbocycles. The van der Waals surface area contributed by atoms with Gasteiger partial charge in [0.1, 0.15) is 0 Å². The normalized spacial score (nSPS) is 28.4. The van der Waals surface area contributed by atoms with E-state index in [1.165, 1.54) is 19.3 Å². The van der Waals surface area contributed by atoms with Crippen LogP contribution in [-0.2, 0) is 0 Å². The predicted octanol–water partition coefficient (Wildman–Crippen LogP) is 5.33. The Bertz CT molecular complexity index is 450. The molecule has 1 aromatic rings. The molecule has 1 N–H and O–H groups in total. The van der Waals surface area contributed by atoms with Gasteiger partial charge in [-0.2, -0.15) is 0 Å². The summed E-state index contributed by atoms with van der Waals surface area (Å²) >= 11 is 7.16. The highest BCUT2D eigenvalue weighted by Crippen LogP contribution is 2.41. The van der Waals surface area contributed by atoms with Gasteiger partial charge in [0.25, 0.3) is 0 Å². The molecule has 2 nitrogen and oxygen atoms in total. The Hall–Kier alpha value is 0.0700. The molecular formula is C16H24Br2N2. The molecule has 1 fully saturated rings. The standard InChI is InChI=1S/C16H24Br2N2/c1-4-19-15(12-6-5-10(2)11(3)7-12)16-14(18)8-13(17)9-20-16/h8-12,15,19H,4-7H2,1-3H3. The van der Waals surface area contributed by atoms with Crippen molar-refractivity contribution in [3.05, 3.63) is 26.9 Å². The first-order valence-electron chi connectivity index (χ1n) is 7.57. The van der Waals surface area contributed by atoms with E-state index in [0.29, 0.717) is 12.0 Å². The highest BCUT2D eigenvalue weighted by molar-refractivity contribution is 9.11. The van der Waals surface area contributed by atoms with Gasteiger partial charge < -0.3 is 5.32 Å². The molecule has 20 heavy (non-hydrogen) atoms. The largest absolute Gasteiger partial charge is 0.309 e. The van der Waals surface area contributed by atoms with Crippen LogP contribution in [0.5, 0.6) is 0 Å². The van der Waals surface area contributed by atoms with Gasteiger partial charge in [0.15, 0.2) is 0 Å². The van der Waals surface area contributed by atoms with Crippen LogP contribution in [0.25, 0.3) is 0 Å². The summed E-state index contributed by atoms with van der Waals surface area (Å²) < 4.78 is 2.12. The van der Waals surface area contributed by atoms with Crippen LogP contribution >= 0.6 is 31.9 Å². The van der Waals surface area contributed by atoms with Crippen LogP contribution in [0.15, 0.2) is 21.2 Å². The lowest BCUT2D eigenvalue weighted by molar-refractivity contribution is 0.170. The summed E-state index contributed by atoms with van der Waals surface area (Å²) in [5.74, 6) is 2.35. The van der Waals surface area contributed by atoms with E-state index in [9.17, 15) is 0 Å². The predicted molar refractivity (Wildman–Crippen MR) is 91.7 cm³/mol. The van der Waals surface area contributed by atoms with Gasteiger partial charge >= 0.3 is 0 Å². The summed E-state index contributed by atoms with van der Waals surface area (Å²) in [6.07, 6.45) is 5.83. The maximum atomic E-state index is 4.66. The highest BCUT2D eigenvalue weighted by atomic mass is 79.9. The van der Waals surface area contributed by atoms with Gasteiger partial charge in [-0.15, -0.1) is 0 Å². The molecule has 0 aliphatic heterocycles. The molecule has 0 spiro atoms. The van der Waals surface area contributed by atoms with Gasteiger partial charge in [-0.1, -0.05) is 27.2 Å². The van der Waals surface area contributed by atoms with Crippen molar-refractivity contribution in [1.82, 2.24) is 10.3 Å². The summed E-state index contributed by atoms with van der Waals surface area (Å²) in [5, 5.41) is 3.66. The summed E-state index contributed by atoms with van der Waals surface area (Å²) in [6.45, 7) is 7.94. The molecule has 4 atom stereocenters. The zero-order valence-electron chi connectivity index (χ0n) is 12.5. The average Bonchev–Trinajstić information content (AvgIpc) is 2.40. The van der Waals surface area contributed by atoms with Crippen molar-refractivity contribution in [2.75, 3.05) is 6.54 Å². The van der Waals surface area contributed by atoms with E-state index in [1.807, 2.05) is 6.20 Å². The number of rotatable bonds is 4. The quantitative estimate of drug-likeness (QED) is 0.734. The Morgan fingerprint density at radius 2 is 2.05 bits per heavy atom. The van der Waals surface area contributed by atoms with Crippen LogP contribution in [0.4, 0.5) is 0 Å². The molecule has 1 aromatic heterocycles. The molecule has 0 radical (unpaired) electrons. The topological polar surface area (TPSA) is 24.9 Å². The number of hydrogen-bond donors (Lipinski definition) is 1. The van der Waals surface area contributed by atoms with E-state index in [-0.39, 0.29) is 0 Å². The fourth-order valence-corrected chi connectivity index (χ4v) is 4.49. The third-order valence-corrected chi connectivity index (χ3v) is 5.73. The van der Waals surface area contributed by atoms with Crippen molar-refractivity contribution in [3.8, 4) is 0 Å². The molecule has 0 amide bonds. The fraction of sp³-hybridized carbons (Fsp3) is 0.688. The third kappa shape index (κ3) is 3.83. The molecule has 1 aliphatic rings. The lowest BCUT2D eigenvalue weighted by Gasteiger charge is -2.37. The Balaban J connectivity index is 2.22. The van der Waals surface area contributed by atoms with E-state index in [1.54, 1.807) is 0 Å². The number of aromatic nitrogens is 1. The molecule has 1 aliphatic carbocycles. The number of halogens is 2. The Morgan fingerprint density at radius 1 is 1.30 bits per heavy atom. The van der Waals surface area contributed by atoms with E-state index in [0.717, 1.165) is 33.0 Å². The average molecular weight is 404 g/mol. The second kappa shape index (κ2) is 7.37. The maximum Gasteiger partial charge on any atom is 0.0718 e. The minimum atomic E-state index is 0.359. The summed E-state index contributed by atoms with van der Waals surface area (Å²) in [6, 6.07) is 2.46. The van der Waals surface area contributed by atoms with Gasteiger partial charge in [0.05, 0.1) is 11.7 Å². The van der Waals surface area contributed by atoms with Gasteiger partial charge in [-0.05, 0) is 75.1 Å². The van der Waals surface area contributed by atoms with Crippen molar-refractivity contribution in [2.24, 2.45) is 17.8 Å². The van der Waals surface area contributed by atoms with Crippen molar-refractivity contribution < 1.29 is 0 Å². The molecule has 1 saturated carbocycles. The maximum absolute atomic E-state index is 4.66. The van der Waals surface area contributed by atoms with Gasteiger partial charge in [-0.25, -0.2) is 0 Å². The van der Waals surface area contributed by atoms with Crippen LogP contribution in [0.3, 0.4) is 0 Å². The minimum Gasteiger partial charge on any atom is -0.309 e. The van der Waals surface area contributed by atoms with Gasteiger partial charge in [0.2, 0.25) is 0 Å². The second-order valence-corrected chi connectivity index (χ2v) is 7.85. The van der Waals surface area contributed by atoms with E-state index in [4.69, 9.17) is 0 Å². The Morgan fingerprint density at radius 3 is 2.65 bits per heavy atom. The monoisotopic (exact) mass is 402 g/mol. The first kappa shape index (κ1) is 16.4. The molecule has 1 heterocycles. The zero-order chi connectivity index (χ0) is 14.7. The van der Waals surface area contributed by atoms with Crippen molar-refractivity contribution >= 4 is 31.9 Å². The number of pyridine rings is 1. The number of nitrogens with one attached hydrogen (secondary N) is 1. The van der Waals surface area contributed by atoms with E-state index < -0.39 is 0 Å². The second-order valence-electron chi connectivity index (χ2n) is 6.08. The van der Waals surface area contributed by atoms with Gasteiger partial charge in [0, 0.05) is 15.1 Å². The molecular weight excluding hydrogens is 380 g/mol. The first-order valence-corrected chi connectivity index (χ1v) is 9.15. The van der Waals surface area contributed by atoms with Crippen molar-refractivity contribution in [1.29, 1.82) is 0 Å². The molecule has 0 bridgehead atoms. The van der Waals surface area contributed by atoms with Crippen LogP contribution in [0.2, 0.25) is 0 Å². The van der Waals surface area contributed by atoms with Crippen LogP contribution in [0, 0.1) is 17.8 Å².